The molecule has 1 spiro atoms. The van der Waals surface area contributed by atoms with Crippen LogP contribution in [0.4, 0.5) is 10.5 Å². The van der Waals surface area contributed by atoms with Gasteiger partial charge >= 0.3 is 6.03 Å². The number of fused-ring (bicyclic) bond motifs is 2. The standard InChI is InChI=1S/C21H26N6O4S/c1-12-17(13-5-6-13)24-15-4-2-3-14(15)18(12)25-20(28)26-32(22,29)16-7-23-27-8-21(9-30-10-21)11-31-19(16)27/h7,13H,2-6,8-11H2,1H3,(H3,22,24,25,26,28,29). The van der Waals surface area contributed by atoms with Crippen molar-refractivity contribution in [3.8, 4) is 5.88 Å². The molecule has 2 aromatic heterocycles. The summed E-state index contributed by atoms with van der Waals surface area (Å²) in [7, 11) is -3.54. The molecule has 3 N–H and O–H groups in total. The molecular formula is C21H26N6O4S. The first-order valence-electron chi connectivity index (χ1n) is 11.0. The molecule has 10 nitrogen and oxygen atoms in total. The van der Waals surface area contributed by atoms with E-state index >= 15 is 0 Å². The molecule has 0 aromatic carbocycles. The number of ether oxygens (including phenoxy) is 2. The number of nitrogens with one attached hydrogen (secondary N) is 1. The van der Waals surface area contributed by atoms with Crippen LogP contribution in [-0.2, 0) is 34.0 Å². The van der Waals surface area contributed by atoms with Crippen LogP contribution in [0.1, 0.15) is 47.7 Å². The number of pyridine rings is 1. The minimum atomic E-state index is -3.54. The number of amides is 2. The zero-order chi connectivity index (χ0) is 22.1. The van der Waals surface area contributed by atoms with E-state index in [1.54, 1.807) is 4.68 Å². The summed E-state index contributed by atoms with van der Waals surface area (Å²) < 4.78 is 29.9. The van der Waals surface area contributed by atoms with Crippen molar-refractivity contribution >= 4 is 21.6 Å². The van der Waals surface area contributed by atoms with Gasteiger partial charge in [0.2, 0.25) is 5.88 Å². The van der Waals surface area contributed by atoms with Gasteiger partial charge in [0.1, 0.15) is 11.5 Å². The van der Waals surface area contributed by atoms with Crippen molar-refractivity contribution in [1.29, 1.82) is 0 Å². The van der Waals surface area contributed by atoms with Crippen molar-refractivity contribution in [2.75, 3.05) is 25.1 Å². The fourth-order valence-electron chi connectivity index (χ4n) is 4.90. The molecule has 1 saturated carbocycles. The highest BCUT2D eigenvalue weighted by Crippen LogP contribution is 2.44. The van der Waals surface area contributed by atoms with Gasteiger partial charge in [-0.05, 0) is 50.2 Å². The van der Waals surface area contributed by atoms with Crippen LogP contribution in [0.25, 0.3) is 0 Å². The Bertz CT molecular complexity index is 1250. The predicted octanol–water partition coefficient (Wildman–Crippen LogP) is 2.29. The van der Waals surface area contributed by atoms with E-state index in [1.165, 1.54) is 6.20 Å². The Labute approximate surface area is 186 Å². The Hall–Kier alpha value is -2.50. The minimum absolute atomic E-state index is 0.0984. The van der Waals surface area contributed by atoms with E-state index in [0.29, 0.717) is 38.2 Å². The highest BCUT2D eigenvalue weighted by atomic mass is 32.2. The molecule has 1 unspecified atom stereocenters. The molecule has 0 bridgehead atoms. The quantitative estimate of drug-likeness (QED) is 0.725. The largest absolute Gasteiger partial charge is 0.476 e. The van der Waals surface area contributed by atoms with Gasteiger partial charge in [-0.2, -0.15) is 5.10 Å². The zero-order valence-electron chi connectivity index (χ0n) is 17.9. The van der Waals surface area contributed by atoms with Crippen molar-refractivity contribution in [2.45, 2.75) is 56.4 Å². The molecule has 1 saturated heterocycles. The fourth-order valence-corrected chi connectivity index (χ4v) is 5.90. The molecule has 2 aliphatic heterocycles. The van der Waals surface area contributed by atoms with E-state index in [-0.39, 0.29) is 10.3 Å². The zero-order valence-corrected chi connectivity index (χ0v) is 18.7. The van der Waals surface area contributed by atoms with Crippen LogP contribution in [0.15, 0.2) is 15.5 Å². The van der Waals surface area contributed by atoms with Crippen molar-refractivity contribution in [3.63, 3.8) is 0 Å². The lowest BCUT2D eigenvalue weighted by atomic mass is 9.86. The van der Waals surface area contributed by atoms with Crippen molar-refractivity contribution in [3.05, 3.63) is 28.7 Å². The Kier molecular flexibility index (Phi) is 4.40. The molecular weight excluding hydrogens is 432 g/mol. The Morgan fingerprint density at radius 3 is 2.88 bits per heavy atom. The highest BCUT2D eigenvalue weighted by Gasteiger charge is 2.44. The molecule has 32 heavy (non-hydrogen) atoms. The Morgan fingerprint density at radius 1 is 1.34 bits per heavy atom. The van der Waals surface area contributed by atoms with Crippen LogP contribution in [0.2, 0.25) is 0 Å². The summed E-state index contributed by atoms with van der Waals surface area (Å²) in [4.78, 5) is 17.9. The first kappa shape index (κ1) is 20.1. The van der Waals surface area contributed by atoms with Gasteiger partial charge in [-0.3, -0.25) is 4.98 Å². The Balaban J connectivity index is 1.30. The maximum absolute atomic E-state index is 13.3. The molecule has 170 valence electrons. The van der Waals surface area contributed by atoms with E-state index in [9.17, 15) is 9.00 Å². The van der Waals surface area contributed by atoms with E-state index in [0.717, 1.165) is 60.3 Å². The third-order valence-electron chi connectivity index (χ3n) is 6.81. The summed E-state index contributed by atoms with van der Waals surface area (Å²) in [6.07, 6.45) is 6.42. The normalized spacial score (nSPS) is 22.3. The van der Waals surface area contributed by atoms with Crippen molar-refractivity contribution < 1.29 is 18.5 Å². The van der Waals surface area contributed by atoms with Crippen molar-refractivity contribution in [2.24, 2.45) is 14.9 Å². The van der Waals surface area contributed by atoms with E-state index in [4.69, 9.17) is 19.6 Å². The number of rotatable bonds is 3. The first-order valence-corrected chi connectivity index (χ1v) is 12.6. The maximum atomic E-state index is 13.3. The molecule has 1 atom stereocenters. The average Bonchev–Trinajstić information content (AvgIpc) is 3.29. The summed E-state index contributed by atoms with van der Waals surface area (Å²) >= 11 is 0. The third-order valence-corrected chi connectivity index (χ3v) is 8.16. The second kappa shape index (κ2) is 7.00. The number of hydrogen-bond acceptors (Lipinski definition) is 6. The summed E-state index contributed by atoms with van der Waals surface area (Å²) in [6, 6.07) is -0.734. The minimum Gasteiger partial charge on any atom is -0.476 e. The van der Waals surface area contributed by atoms with Gasteiger partial charge in [0.05, 0.1) is 37.1 Å². The van der Waals surface area contributed by atoms with Gasteiger partial charge in [-0.25, -0.2) is 18.8 Å². The smallest absolute Gasteiger partial charge is 0.354 e. The molecule has 2 aromatic rings. The fraction of sp³-hybridized carbons (Fsp3) is 0.571. The average molecular weight is 459 g/mol. The van der Waals surface area contributed by atoms with Gasteiger partial charge in [0.15, 0.2) is 9.92 Å². The summed E-state index contributed by atoms with van der Waals surface area (Å²) in [5, 5.41) is 13.2. The van der Waals surface area contributed by atoms with Gasteiger partial charge in [-0.15, -0.1) is 4.36 Å². The van der Waals surface area contributed by atoms with Crippen LogP contribution >= 0.6 is 0 Å². The highest BCUT2D eigenvalue weighted by molar-refractivity contribution is 7.91. The van der Waals surface area contributed by atoms with Crippen LogP contribution < -0.4 is 15.2 Å². The SMILES string of the molecule is Cc1c(C2CC2)nc2c(c1NC(=O)N=S(N)(=O)c1cnn3c1OCC1(COC1)C3)CCC2. The number of hydrogen-bond donors (Lipinski definition) is 2. The molecule has 2 amide bonds. The summed E-state index contributed by atoms with van der Waals surface area (Å²) in [5.41, 5.74) is 4.78. The monoisotopic (exact) mass is 458 g/mol. The topological polar surface area (TPSA) is 134 Å². The van der Waals surface area contributed by atoms with Crippen molar-refractivity contribution in [1.82, 2.24) is 14.8 Å². The summed E-state index contributed by atoms with van der Waals surface area (Å²) in [5.74, 6) is 0.774. The van der Waals surface area contributed by atoms with Crippen LogP contribution in [0.5, 0.6) is 5.88 Å². The van der Waals surface area contributed by atoms with E-state index in [2.05, 4.69) is 14.8 Å². The number of carbonyl (C=O) groups excluding carboxylic acids is 1. The number of carbonyl (C=O) groups is 1. The lowest BCUT2D eigenvalue weighted by Gasteiger charge is -2.43. The number of urea groups is 1. The first-order chi connectivity index (χ1) is 15.4. The van der Waals surface area contributed by atoms with Crippen LogP contribution in [0, 0.1) is 12.3 Å². The molecule has 2 fully saturated rings. The van der Waals surface area contributed by atoms with Gasteiger partial charge in [0.25, 0.3) is 0 Å². The lowest BCUT2D eigenvalue weighted by Crippen LogP contribution is -2.52. The second-order valence-corrected chi connectivity index (χ2v) is 11.2. The number of aromatic nitrogens is 3. The van der Waals surface area contributed by atoms with Crippen LogP contribution in [0.3, 0.4) is 0 Å². The molecule has 4 heterocycles. The van der Waals surface area contributed by atoms with E-state index < -0.39 is 15.9 Å². The number of anilines is 1. The number of nitrogens with two attached hydrogens (primary N) is 1. The summed E-state index contributed by atoms with van der Waals surface area (Å²) in [6.45, 7) is 4.21. The number of nitrogens with zero attached hydrogens (tertiary/aromatic N) is 4. The van der Waals surface area contributed by atoms with Crippen LogP contribution in [-0.4, -0.2) is 44.8 Å². The molecule has 0 radical (unpaired) electrons. The van der Waals surface area contributed by atoms with Gasteiger partial charge < -0.3 is 14.8 Å². The Morgan fingerprint density at radius 2 is 2.16 bits per heavy atom. The van der Waals surface area contributed by atoms with Gasteiger partial charge in [0, 0.05) is 17.3 Å². The molecule has 6 rings (SSSR count). The lowest BCUT2D eigenvalue weighted by molar-refractivity contribution is -0.154. The maximum Gasteiger partial charge on any atom is 0.354 e. The predicted molar refractivity (Wildman–Crippen MR) is 116 cm³/mol. The molecule has 2 aliphatic carbocycles. The third kappa shape index (κ3) is 3.22. The van der Waals surface area contributed by atoms with E-state index in [1.807, 2.05) is 6.92 Å². The number of aryl methyl sites for hydroxylation is 1. The second-order valence-electron chi connectivity index (χ2n) is 9.39. The molecule has 4 aliphatic rings. The molecule has 11 heteroatoms. The van der Waals surface area contributed by atoms with Gasteiger partial charge in [-0.1, -0.05) is 0 Å².